The summed E-state index contributed by atoms with van der Waals surface area (Å²) in [5, 5.41) is 0. The summed E-state index contributed by atoms with van der Waals surface area (Å²) < 4.78 is 6.94. The second kappa shape index (κ2) is 6.52. The lowest BCUT2D eigenvalue weighted by molar-refractivity contribution is 0.317. The first-order valence-corrected chi connectivity index (χ1v) is 8.26. The van der Waals surface area contributed by atoms with Gasteiger partial charge in [0, 0.05) is 16.2 Å². The lowest BCUT2D eigenvalue weighted by atomic mass is 9.97. The van der Waals surface area contributed by atoms with E-state index in [1.807, 2.05) is 24.3 Å². The molecule has 1 atom stereocenters. The molecule has 0 saturated carbocycles. The van der Waals surface area contributed by atoms with E-state index >= 15 is 0 Å². The summed E-state index contributed by atoms with van der Waals surface area (Å²) in [5.41, 5.74) is 2.83. The second-order valence-corrected chi connectivity index (χ2v) is 6.43. The van der Waals surface area contributed by atoms with Crippen molar-refractivity contribution in [2.75, 3.05) is 18.1 Å². The third-order valence-electron chi connectivity index (χ3n) is 4.08. The fourth-order valence-corrected chi connectivity index (χ4v) is 3.16. The molecule has 1 unspecified atom stereocenters. The lowest BCUT2D eigenvalue weighted by Crippen LogP contribution is -2.39. The van der Waals surface area contributed by atoms with Crippen molar-refractivity contribution in [3.05, 3.63) is 58.6 Å². The maximum Gasteiger partial charge on any atom is 0.119 e. The van der Waals surface area contributed by atoms with Crippen LogP contribution in [0.15, 0.2) is 53.0 Å². The van der Waals surface area contributed by atoms with Crippen LogP contribution in [-0.4, -0.2) is 19.2 Å². The van der Waals surface area contributed by atoms with Gasteiger partial charge in [-0.1, -0.05) is 34.1 Å². The minimum absolute atomic E-state index is 0.577. The van der Waals surface area contributed by atoms with Crippen LogP contribution < -0.4 is 9.64 Å². The van der Waals surface area contributed by atoms with Crippen LogP contribution in [-0.2, 0) is 6.42 Å². The highest BCUT2D eigenvalue weighted by molar-refractivity contribution is 9.10. The Hall–Kier alpha value is -1.48. The van der Waals surface area contributed by atoms with Gasteiger partial charge in [0.2, 0.25) is 0 Å². The average molecular weight is 346 g/mol. The number of aryl methyl sites for hydroxylation is 1. The Labute approximate surface area is 134 Å². The fourth-order valence-electron chi connectivity index (χ4n) is 2.89. The van der Waals surface area contributed by atoms with Gasteiger partial charge in [-0.15, -0.1) is 0 Å². The molecule has 0 spiro atoms. The molecule has 2 aromatic rings. The topological polar surface area (TPSA) is 12.5 Å². The normalized spacial score (nSPS) is 17.4. The summed E-state index contributed by atoms with van der Waals surface area (Å²) in [6, 6.07) is 17.3. The van der Waals surface area contributed by atoms with E-state index in [0.29, 0.717) is 12.6 Å². The fraction of sp³-hybridized carbons (Fsp3) is 0.333. The Morgan fingerprint density at radius 1 is 1.14 bits per heavy atom. The van der Waals surface area contributed by atoms with Gasteiger partial charge in [0.1, 0.15) is 12.4 Å². The molecule has 0 N–H and O–H groups in total. The monoisotopic (exact) mass is 345 g/mol. The molecule has 0 aromatic heterocycles. The maximum atomic E-state index is 5.86. The van der Waals surface area contributed by atoms with Crippen molar-refractivity contribution in [2.24, 2.45) is 0 Å². The average Bonchev–Trinajstić information content (AvgIpc) is 2.51. The maximum absolute atomic E-state index is 5.86. The minimum atomic E-state index is 0.577. The molecule has 0 aliphatic carbocycles. The number of fused-ring (bicyclic) bond motifs is 1. The van der Waals surface area contributed by atoms with E-state index < -0.39 is 0 Å². The van der Waals surface area contributed by atoms with Crippen LogP contribution in [0.1, 0.15) is 18.9 Å². The summed E-state index contributed by atoms with van der Waals surface area (Å²) in [7, 11) is 0. The number of para-hydroxylation sites is 1. The SMILES string of the molecule is CC1CCc2ccccc2N1CCOc1ccc(Br)cc1. The smallest absolute Gasteiger partial charge is 0.119 e. The molecular weight excluding hydrogens is 326 g/mol. The van der Waals surface area contributed by atoms with Gasteiger partial charge in [-0.2, -0.15) is 0 Å². The van der Waals surface area contributed by atoms with Crippen LogP contribution >= 0.6 is 15.9 Å². The predicted octanol–water partition coefficient (Wildman–Crippen LogP) is 4.67. The van der Waals surface area contributed by atoms with Gasteiger partial charge in [0.15, 0.2) is 0 Å². The van der Waals surface area contributed by atoms with Gasteiger partial charge in [-0.3, -0.25) is 0 Å². The Balaban J connectivity index is 1.63. The van der Waals surface area contributed by atoms with Gasteiger partial charge < -0.3 is 9.64 Å². The predicted molar refractivity (Wildman–Crippen MR) is 91.2 cm³/mol. The van der Waals surface area contributed by atoms with Crippen molar-refractivity contribution in [1.29, 1.82) is 0 Å². The highest BCUT2D eigenvalue weighted by Crippen LogP contribution is 2.30. The Morgan fingerprint density at radius 3 is 2.71 bits per heavy atom. The molecule has 110 valence electrons. The molecule has 3 heteroatoms. The largest absolute Gasteiger partial charge is 0.492 e. The van der Waals surface area contributed by atoms with Gasteiger partial charge in [-0.05, 0) is 55.7 Å². The molecule has 1 aliphatic rings. The number of anilines is 1. The molecule has 0 saturated heterocycles. The van der Waals surface area contributed by atoms with Crippen molar-refractivity contribution in [3.8, 4) is 5.75 Å². The number of hydrogen-bond donors (Lipinski definition) is 0. The minimum Gasteiger partial charge on any atom is -0.492 e. The first-order valence-electron chi connectivity index (χ1n) is 7.47. The van der Waals surface area contributed by atoms with Gasteiger partial charge in [-0.25, -0.2) is 0 Å². The molecule has 2 nitrogen and oxygen atoms in total. The van der Waals surface area contributed by atoms with Crippen molar-refractivity contribution in [2.45, 2.75) is 25.8 Å². The molecule has 0 amide bonds. The zero-order chi connectivity index (χ0) is 14.7. The van der Waals surface area contributed by atoms with E-state index in [-0.39, 0.29) is 0 Å². The summed E-state index contributed by atoms with van der Waals surface area (Å²) in [5.74, 6) is 0.927. The van der Waals surface area contributed by atoms with Crippen molar-refractivity contribution in [3.63, 3.8) is 0 Å². The van der Waals surface area contributed by atoms with E-state index in [9.17, 15) is 0 Å². The summed E-state index contributed by atoms with van der Waals surface area (Å²) in [4.78, 5) is 2.47. The van der Waals surface area contributed by atoms with Crippen LogP contribution in [0.3, 0.4) is 0 Å². The third kappa shape index (κ3) is 3.41. The summed E-state index contributed by atoms with van der Waals surface area (Å²) >= 11 is 3.44. The Bertz CT molecular complexity index is 596. The first-order chi connectivity index (χ1) is 10.2. The molecule has 3 rings (SSSR count). The molecule has 0 radical (unpaired) electrons. The highest BCUT2D eigenvalue weighted by atomic mass is 79.9. The zero-order valence-electron chi connectivity index (χ0n) is 12.3. The quantitative estimate of drug-likeness (QED) is 0.798. The van der Waals surface area contributed by atoms with Crippen LogP contribution in [0, 0.1) is 0 Å². The summed E-state index contributed by atoms with van der Waals surface area (Å²) in [6.45, 7) is 3.93. The van der Waals surface area contributed by atoms with E-state index in [1.165, 1.54) is 24.1 Å². The number of nitrogens with zero attached hydrogens (tertiary/aromatic N) is 1. The van der Waals surface area contributed by atoms with Crippen molar-refractivity contribution < 1.29 is 4.74 Å². The van der Waals surface area contributed by atoms with E-state index in [2.05, 4.69) is 52.0 Å². The first kappa shape index (κ1) is 14.5. The van der Waals surface area contributed by atoms with E-state index in [1.54, 1.807) is 0 Å². The van der Waals surface area contributed by atoms with Crippen LogP contribution in [0.4, 0.5) is 5.69 Å². The molecule has 0 bridgehead atoms. The Kier molecular flexibility index (Phi) is 4.49. The summed E-state index contributed by atoms with van der Waals surface area (Å²) in [6.07, 6.45) is 2.40. The van der Waals surface area contributed by atoms with Crippen molar-refractivity contribution in [1.82, 2.24) is 0 Å². The molecule has 1 aliphatic heterocycles. The highest BCUT2D eigenvalue weighted by Gasteiger charge is 2.22. The van der Waals surface area contributed by atoms with E-state index in [0.717, 1.165) is 16.8 Å². The van der Waals surface area contributed by atoms with Gasteiger partial charge in [0.05, 0.1) is 6.54 Å². The number of hydrogen-bond acceptors (Lipinski definition) is 2. The van der Waals surface area contributed by atoms with Gasteiger partial charge in [0.25, 0.3) is 0 Å². The number of benzene rings is 2. The lowest BCUT2D eigenvalue weighted by Gasteiger charge is -2.37. The number of ether oxygens (including phenoxy) is 1. The second-order valence-electron chi connectivity index (χ2n) is 5.51. The van der Waals surface area contributed by atoms with Gasteiger partial charge >= 0.3 is 0 Å². The zero-order valence-corrected chi connectivity index (χ0v) is 13.8. The van der Waals surface area contributed by atoms with Crippen molar-refractivity contribution >= 4 is 21.6 Å². The molecular formula is C18H20BrNO. The van der Waals surface area contributed by atoms with E-state index in [4.69, 9.17) is 4.74 Å². The molecule has 21 heavy (non-hydrogen) atoms. The molecule has 2 aromatic carbocycles. The van der Waals surface area contributed by atoms with Crippen LogP contribution in [0.2, 0.25) is 0 Å². The van der Waals surface area contributed by atoms with Crippen LogP contribution in [0.25, 0.3) is 0 Å². The Morgan fingerprint density at radius 2 is 1.90 bits per heavy atom. The number of rotatable bonds is 4. The van der Waals surface area contributed by atoms with Crippen LogP contribution in [0.5, 0.6) is 5.75 Å². The molecule has 1 heterocycles. The standard InChI is InChI=1S/C18H20BrNO/c1-14-6-7-15-4-2-3-5-18(15)20(14)12-13-21-17-10-8-16(19)9-11-17/h2-5,8-11,14H,6-7,12-13H2,1H3. The number of halogens is 1. The molecule has 0 fully saturated rings. The third-order valence-corrected chi connectivity index (χ3v) is 4.61.